The summed E-state index contributed by atoms with van der Waals surface area (Å²) in [6, 6.07) is 11.7. The molecule has 0 N–H and O–H groups in total. The predicted molar refractivity (Wildman–Crippen MR) is 118 cm³/mol. The molecule has 7 nitrogen and oxygen atoms in total. The first-order valence-electron chi connectivity index (χ1n) is 9.25. The zero-order valence-electron chi connectivity index (χ0n) is 17.5. The maximum absolute atomic E-state index is 5.48. The van der Waals surface area contributed by atoms with Gasteiger partial charge in [0.05, 0.1) is 28.4 Å². The first-order valence-corrected chi connectivity index (χ1v) is 10.2. The van der Waals surface area contributed by atoms with Crippen molar-refractivity contribution in [2.45, 2.75) is 17.5 Å². The molecule has 0 aliphatic heterocycles. The van der Waals surface area contributed by atoms with Crippen LogP contribution in [0.1, 0.15) is 5.56 Å². The fraction of sp³-hybridized carbons (Fsp3) is 0.273. The van der Waals surface area contributed by atoms with Crippen LogP contribution in [0.15, 0.2) is 54.2 Å². The molecule has 1 aromatic heterocycles. The molecule has 30 heavy (non-hydrogen) atoms. The van der Waals surface area contributed by atoms with Gasteiger partial charge in [-0.25, -0.2) is 0 Å². The van der Waals surface area contributed by atoms with Gasteiger partial charge < -0.3 is 18.9 Å². The van der Waals surface area contributed by atoms with Crippen molar-refractivity contribution in [2.75, 3.05) is 28.4 Å². The molecule has 0 fully saturated rings. The Morgan fingerprint density at radius 2 is 1.70 bits per heavy atom. The van der Waals surface area contributed by atoms with Gasteiger partial charge in [-0.15, -0.1) is 16.8 Å². The Balaban J connectivity index is 1.95. The molecule has 0 saturated carbocycles. The van der Waals surface area contributed by atoms with Crippen molar-refractivity contribution in [3.63, 3.8) is 0 Å². The second-order valence-corrected chi connectivity index (χ2v) is 7.20. The molecule has 1 heterocycles. The molecule has 0 bridgehead atoms. The summed E-state index contributed by atoms with van der Waals surface area (Å²) < 4.78 is 23.7. The first-order chi connectivity index (χ1) is 14.6. The number of rotatable bonds is 10. The average Bonchev–Trinajstić information content (AvgIpc) is 3.19. The molecule has 0 atom stereocenters. The SMILES string of the molecule is C=CCn1c(SCc2cccc(OC)c2)nnc1-c1cc(OC)c(OC)c(OC)c1. The van der Waals surface area contributed by atoms with Crippen molar-refractivity contribution in [3.8, 4) is 34.4 Å². The van der Waals surface area contributed by atoms with Gasteiger partial charge >= 0.3 is 0 Å². The van der Waals surface area contributed by atoms with Crippen LogP contribution in [0.2, 0.25) is 0 Å². The van der Waals surface area contributed by atoms with Crippen molar-refractivity contribution in [1.82, 2.24) is 14.8 Å². The zero-order valence-corrected chi connectivity index (χ0v) is 18.4. The van der Waals surface area contributed by atoms with E-state index in [0.29, 0.717) is 29.6 Å². The fourth-order valence-corrected chi connectivity index (χ4v) is 3.91. The lowest BCUT2D eigenvalue weighted by molar-refractivity contribution is 0.324. The van der Waals surface area contributed by atoms with Gasteiger partial charge in [-0.3, -0.25) is 4.57 Å². The van der Waals surface area contributed by atoms with Crippen LogP contribution in [0.5, 0.6) is 23.0 Å². The normalized spacial score (nSPS) is 10.5. The Hall–Kier alpha value is -3.13. The molecule has 158 valence electrons. The summed E-state index contributed by atoms with van der Waals surface area (Å²) in [5.41, 5.74) is 1.95. The molecule has 0 aliphatic carbocycles. The van der Waals surface area contributed by atoms with Crippen LogP contribution in [0, 0.1) is 0 Å². The minimum atomic E-state index is 0.533. The molecule has 8 heteroatoms. The summed E-state index contributed by atoms with van der Waals surface area (Å²) >= 11 is 1.60. The Kier molecular flexibility index (Phi) is 7.24. The molecule has 0 amide bonds. The predicted octanol–water partition coefficient (Wildman–Crippen LogP) is 4.46. The minimum Gasteiger partial charge on any atom is -0.497 e. The van der Waals surface area contributed by atoms with Crippen molar-refractivity contribution in [2.24, 2.45) is 0 Å². The third-order valence-corrected chi connectivity index (χ3v) is 5.49. The van der Waals surface area contributed by atoms with Gasteiger partial charge in [0.25, 0.3) is 0 Å². The number of methoxy groups -OCH3 is 4. The fourth-order valence-electron chi connectivity index (χ4n) is 3.02. The Labute approximate surface area is 180 Å². The number of thioether (sulfide) groups is 1. The van der Waals surface area contributed by atoms with Crippen LogP contribution in [0.3, 0.4) is 0 Å². The third-order valence-electron chi connectivity index (χ3n) is 4.45. The number of ether oxygens (including phenoxy) is 4. The summed E-state index contributed by atoms with van der Waals surface area (Å²) in [5, 5.41) is 9.62. The van der Waals surface area contributed by atoms with Crippen LogP contribution in [0.25, 0.3) is 11.4 Å². The highest BCUT2D eigenvalue weighted by molar-refractivity contribution is 7.98. The van der Waals surface area contributed by atoms with Gasteiger partial charge in [0.1, 0.15) is 5.75 Å². The smallest absolute Gasteiger partial charge is 0.203 e. The summed E-state index contributed by atoms with van der Waals surface area (Å²) in [6.45, 7) is 4.44. The first kappa shape index (κ1) is 21.6. The van der Waals surface area contributed by atoms with Gasteiger partial charge in [-0.1, -0.05) is 30.0 Å². The highest BCUT2D eigenvalue weighted by atomic mass is 32.2. The Bertz CT molecular complexity index is 994. The summed E-state index contributed by atoms with van der Waals surface area (Å²) in [6.07, 6.45) is 1.82. The molecule has 2 aromatic carbocycles. The topological polar surface area (TPSA) is 67.6 Å². The van der Waals surface area contributed by atoms with Gasteiger partial charge in [-0.2, -0.15) is 0 Å². The van der Waals surface area contributed by atoms with Gasteiger partial charge in [0.2, 0.25) is 5.75 Å². The zero-order chi connectivity index (χ0) is 21.5. The molecule has 0 radical (unpaired) electrons. The van der Waals surface area contributed by atoms with Crippen LogP contribution in [-0.2, 0) is 12.3 Å². The van der Waals surface area contributed by atoms with Crippen LogP contribution >= 0.6 is 11.8 Å². The number of aromatic nitrogens is 3. The Morgan fingerprint density at radius 1 is 0.967 bits per heavy atom. The summed E-state index contributed by atoms with van der Waals surface area (Å²) in [5.74, 6) is 3.92. The van der Waals surface area contributed by atoms with Crippen molar-refractivity contribution < 1.29 is 18.9 Å². The molecule has 0 aliphatic rings. The number of allylic oxidation sites excluding steroid dienone is 1. The van der Waals surface area contributed by atoms with Crippen molar-refractivity contribution in [1.29, 1.82) is 0 Å². The lowest BCUT2D eigenvalue weighted by Crippen LogP contribution is -2.02. The molecule has 3 aromatic rings. The van der Waals surface area contributed by atoms with E-state index < -0.39 is 0 Å². The average molecular weight is 428 g/mol. The van der Waals surface area contributed by atoms with Crippen LogP contribution < -0.4 is 18.9 Å². The lowest BCUT2D eigenvalue weighted by Gasteiger charge is -2.14. The molecular formula is C22H25N3O4S. The van der Waals surface area contributed by atoms with E-state index in [2.05, 4.69) is 22.8 Å². The van der Waals surface area contributed by atoms with E-state index in [-0.39, 0.29) is 0 Å². The van der Waals surface area contributed by atoms with E-state index in [1.165, 1.54) is 0 Å². The van der Waals surface area contributed by atoms with E-state index >= 15 is 0 Å². The lowest BCUT2D eigenvalue weighted by atomic mass is 10.1. The second kappa shape index (κ2) is 10.1. The van der Waals surface area contributed by atoms with E-state index in [0.717, 1.165) is 27.8 Å². The third kappa shape index (κ3) is 4.54. The molecule has 0 unspecified atom stereocenters. The van der Waals surface area contributed by atoms with Crippen molar-refractivity contribution >= 4 is 11.8 Å². The summed E-state index contributed by atoms with van der Waals surface area (Å²) in [4.78, 5) is 0. The highest BCUT2D eigenvalue weighted by Crippen LogP contribution is 2.41. The number of benzene rings is 2. The van der Waals surface area contributed by atoms with Gasteiger partial charge in [-0.05, 0) is 29.8 Å². The molecule has 3 rings (SSSR count). The maximum atomic E-state index is 5.48. The van der Waals surface area contributed by atoms with E-state index in [9.17, 15) is 0 Å². The largest absolute Gasteiger partial charge is 0.497 e. The monoisotopic (exact) mass is 427 g/mol. The van der Waals surface area contributed by atoms with Gasteiger partial charge in [0.15, 0.2) is 22.5 Å². The molecular weight excluding hydrogens is 402 g/mol. The summed E-state index contributed by atoms with van der Waals surface area (Å²) in [7, 11) is 6.42. The molecule has 0 saturated heterocycles. The van der Waals surface area contributed by atoms with Crippen molar-refractivity contribution in [3.05, 3.63) is 54.6 Å². The van der Waals surface area contributed by atoms with E-state index in [1.54, 1.807) is 40.2 Å². The number of nitrogens with zero attached hydrogens (tertiary/aromatic N) is 3. The van der Waals surface area contributed by atoms with Gasteiger partial charge in [0, 0.05) is 17.9 Å². The standard InChI is InChI=1S/C22H25N3O4S/c1-6-10-25-21(16-12-18(27-3)20(29-5)19(13-16)28-4)23-24-22(25)30-14-15-8-7-9-17(11-15)26-2/h6-9,11-13H,1,10,14H2,2-5H3. The maximum Gasteiger partial charge on any atom is 0.203 e. The molecule has 0 spiro atoms. The minimum absolute atomic E-state index is 0.533. The Morgan fingerprint density at radius 3 is 2.30 bits per heavy atom. The van der Waals surface area contributed by atoms with Crippen LogP contribution in [-0.4, -0.2) is 43.2 Å². The van der Waals surface area contributed by atoms with E-state index in [1.807, 2.05) is 41.0 Å². The highest BCUT2D eigenvalue weighted by Gasteiger charge is 2.19. The van der Waals surface area contributed by atoms with E-state index in [4.69, 9.17) is 18.9 Å². The number of hydrogen-bond acceptors (Lipinski definition) is 7. The van der Waals surface area contributed by atoms with Crippen LogP contribution in [0.4, 0.5) is 0 Å². The quantitative estimate of drug-likeness (QED) is 0.350. The number of hydrogen-bond donors (Lipinski definition) is 0. The second-order valence-electron chi connectivity index (χ2n) is 6.26.